The van der Waals surface area contributed by atoms with Gasteiger partial charge in [-0.25, -0.2) is 0 Å². The summed E-state index contributed by atoms with van der Waals surface area (Å²) in [5.41, 5.74) is 0. The Labute approximate surface area is 179 Å². The Balaban J connectivity index is 2.37. The van der Waals surface area contributed by atoms with Gasteiger partial charge in [0.15, 0.2) is 0 Å². The van der Waals surface area contributed by atoms with Crippen molar-refractivity contribution in [3.63, 3.8) is 0 Å². The zero-order valence-electron chi connectivity index (χ0n) is 18.0. The molecule has 5 atom stereocenters. The molecule has 0 aromatic heterocycles. The zero-order valence-corrected chi connectivity index (χ0v) is 18.0. The van der Waals surface area contributed by atoms with Crippen LogP contribution in [0.25, 0.3) is 0 Å². The molecular weight excluding hydrogens is 388 g/mol. The van der Waals surface area contributed by atoms with Gasteiger partial charge in [-0.1, -0.05) is 50.5 Å². The van der Waals surface area contributed by atoms with Crippen molar-refractivity contribution in [1.82, 2.24) is 0 Å². The number of carbonyl (C=O) groups excluding carboxylic acids is 2. The van der Waals surface area contributed by atoms with Gasteiger partial charge < -0.3 is 25.2 Å². The van der Waals surface area contributed by atoms with E-state index in [4.69, 9.17) is 14.9 Å². The van der Waals surface area contributed by atoms with E-state index in [1.54, 1.807) is 12.2 Å². The summed E-state index contributed by atoms with van der Waals surface area (Å²) >= 11 is 0. The summed E-state index contributed by atoms with van der Waals surface area (Å²) < 4.78 is 4.83. The van der Waals surface area contributed by atoms with Crippen LogP contribution >= 0.6 is 0 Å². The molecule has 0 saturated heterocycles. The third-order valence-electron chi connectivity index (χ3n) is 5.35. The fourth-order valence-electron chi connectivity index (χ4n) is 3.52. The topological polar surface area (TPSA) is 124 Å². The summed E-state index contributed by atoms with van der Waals surface area (Å²) in [6.45, 7) is 1.45. The van der Waals surface area contributed by atoms with Crippen LogP contribution in [0.2, 0.25) is 0 Å². The van der Waals surface area contributed by atoms with E-state index < -0.39 is 30.9 Å². The standard InChI is InChI=1S/C23H38O7/c1-2-3-6-9-17(25)12-13-20-19(21(27)14-22(20)28)10-7-4-5-8-11-23(29)30-16-18(26)15-24/h4,7,12-13,17-20,22,24-26,28H,2-3,5-6,8-11,14-16H2,1H3/b7-4-,13-12+/t17?,18?,19?,20-,22?/m1/s1. The minimum Gasteiger partial charge on any atom is -0.463 e. The molecule has 172 valence electrons. The maximum atomic E-state index is 12.2. The molecule has 7 heteroatoms. The molecule has 0 spiro atoms. The Kier molecular flexibility index (Phi) is 13.5. The quantitative estimate of drug-likeness (QED) is 0.179. The lowest BCUT2D eigenvalue weighted by atomic mass is 9.90. The van der Waals surface area contributed by atoms with Crippen LogP contribution < -0.4 is 0 Å². The largest absolute Gasteiger partial charge is 0.463 e. The first kappa shape index (κ1) is 26.5. The smallest absolute Gasteiger partial charge is 0.305 e. The number of ketones is 1. The molecule has 0 radical (unpaired) electrons. The average molecular weight is 427 g/mol. The fourth-order valence-corrected chi connectivity index (χ4v) is 3.52. The van der Waals surface area contributed by atoms with E-state index in [0.717, 1.165) is 19.3 Å². The number of ether oxygens (including phenoxy) is 1. The lowest BCUT2D eigenvalue weighted by Crippen LogP contribution is -2.21. The average Bonchev–Trinajstić information content (AvgIpc) is 2.99. The van der Waals surface area contributed by atoms with Crippen molar-refractivity contribution in [2.45, 2.75) is 83.0 Å². The molecule has 4 N–H and O–H groups in total. The van der Waals surface area contributed by atoms with E-state index >= 15 is 0 Å². The first-order chi connectivity index (χ1) is 14.4. The molecule has 0 amide bonds. The number of aliphatic hydroxyl groups is 4. The van der Waals surface area contributed by atoms with E-state index in [2.05, 4.69) is 6.92 Å². The van der Waals surface area contributed by atoms with Crippen molar-refractivity contribution in [1.29, 1.82) is 0 Å². The van der Waals surface area contributed by atoms with E-state index in [1.165, 1.54) is 0 Å². The monoisotopic (exact) mass is 426 g/mol. The van der Waals surface area contributed by atoms with Crippen LogP contribution in [0.5, 0.6) is 0 Å². The van der Waals surface area contributed by atoms with Crippen molar-refractivity contribution in [2.75, 3.05) is 13.2 Å². The minimum atomic E-state index is -1.05. The van der Waals surface area contributed by atoms with Crippen LogP contribution in [0.3, 0.4) is 0 Å². The van der Waals surface area contributed by atoms with Gasteiger partial charge in [0, 0.05) is 24.7 Å². The minimum absolute atomic E-state index is 0.0355. The van der Waals surface area contributed by atoms with Crippen molar-refractivity contribution >= 4 is 11.8 Å². The second kappa shape index (κ2) is 15.3. The van der Waals surface area contributed by atoms with E-state index in [9.17, 15) is 19.8 Å². The van der Waals surface area contributed by atoms with E-state index in [1.807, 2.05) is 12.2 Å². The molecule has 1 aliphatic carbocycles. The second-order valence-corrected chi connectivity index (χ2v) is 7.99. The normalized spacial score (nSPS) is 24.0. The number of allylic oxidation sites excluding steroid dienone is 2. The highest BCUT2D eigenvalue weighted by molar-refractivity contribution is 5.84. The lowest BCUT2D eigenvalue weighted by molar-refractivity contribution is -0.147. The Hall–Kier alpha value is -1.54. The third kappa shape index (κ3) is 10.5. The molecule has 0 aromatic carbocycles. The molecule has 4 unspecified atom stereocenters. The van der Waals surface area contributed by atoms with Gasteiger partial charge in [0.05, 0.1) is 18.8 Å². The predicted octanol–water partition coefficient (Wildman–Crippen LogP) is 2.06. The third-order valence-corrected chi connectivity index (χ3v) is 5.35. The van der Waals surface area contributed by atoms with Gasteiger partial charge in [0.25, 0.3) is 0 Å². The number of rotatable bonds is 15. The molecule has 7 nitrogen and oxygen atoms in total. The Morgan fingerprint density at radius 3 is 2.70 bits per heavy atom. The van der Waals surface area contributed by atoms with Crippen molar-refractivity contribution in [3.8, 4) is 0 Å². The van der Waals surface area contributed by atoms with Crippen LogP contribution in [-0.2, 0) is 14.3 Å². The molecule has 0 bridgehead atoms. The number of carbonyl (C=O) groups is 2. The lowest BCUT2D eigenvalue weighted by Gasteiger charge is -2.16. The highest BCUT2D eigenvalue weighted by Crippen LogP contribution is 2.33. The van der Waals surface area contributed by atoms with Crippen molar-refractivity contribution in [2.24, 2.45) is 11.8 Å². The van der Waals surface area contributed by atoms with Gasteiger partial charge in [-0.15, -0.1) is 0 Å². The summed E-state index contributed by atoms with van der Waals surface area (Å²) in [4.78, 5) is 23.7. The number of unbranched alkanes of at least 4 members (excludes halogenated alkanes) is 3. The van der Waals surface area contributed by atoms with Gasteiger partial charge in [0.1, 0.15) is 18.5 Å². The van der Waals surface area contributed by atoms with Gasteiger partial charge in [-0.05, 0) is 25.7 Å². The molecular formula is C23H38O7. The highest BCUT2D eigenvalue weighted by Gasteiger charge is 2.39. The summed E-state index contributed by atoms with van der Waals surface area (Å²) in [5, 5.41) is 38.0. The van der Waals surface area contributed by atoms with Crippen LogP contribution in [0.15, 0.2) is 24.3 Å². The van der Waals surface area contributed by atoms with Crippen LogP contribution in [0, 0.1) is 11.8 Å². The summed E-state index contributed by atoms with van der Waals surface area (Å²) in [6.07, 6.45) is 10.9. The van der Waals surface area contributed by atoms with Gasteiger partial charge in [-0.3, -0.25) is 9.59 Å². The molecule has 0 heterocycles. The summed E-state index contributed by atoms with van der Waals surface area (Å²) in [5.74, 6) is -0.961. The SMILES string of the molecule is CCCCCC(O)/C=C/[C@H]1C(O)CC(=O)C1C/C=C\CCCC(=O)OCC(O)CO. The first-order valence-corrected chi connectivity index (χ1v) is 11.1. The Morgan fingerprint density at radius 2 is 2.00 bits per heavy atom. The second-order valence-electron chi connectivity index (χ2n) is 7.99. The van der Waals surface area contributed by atoms with Crippen molar-refractivity contribution < 1.29 is 34.8 Å². The van der Waals surface area contributed by atoms with Gasteiger partial charge >= 0.3 is 5.97 Å². The molecule has 30 heavy (non-hydrogen) atoms. The van der Waals surface area contributed by atoms with Gasteiger partial charge in [-0.2, -0.15) is 0 Å². The molecule has 1 rings (SSSR count). The fraction of sp³-hybridized carbons (Fsp3) is 0.739. The summed E-state index contributed by atoms with van der Waals surface area (Å²) in [6, 6.07) is 0. The molecule has 0 aromatic rings. The van der Waals surface area contributed by atoms with Crippen LogP contribution in [0.1, 0.15) is 64.7 Å². The molecule has 1 fully saturated rings. The maximum Gasteiger partial charge on any atom is 0.305 e. The van der Waals surface area contributed by atoms with E-state index in [0.29, 0.717) is 25.7 Å². The predicted molar refractivity (Wildman–Crippen MR) is 114 cm³/mol. The highest BCUT2D eigenvalue weighted by atomic mass is 16.5. The molecule has 1 aliphatic rings. The Bertz CT molecular complexity index is 558. The van der Waals surface area contributed by atoms with Crippen LogP contribution in [0.4, 0.5) is 0 Å². The zero-order chi connectivity index (χ0) is 22.4. The number of aliphatic hydroxyl groups excluding tert-OH is 4. The number of hydrogen-bond acceptors (Lipinski definition) is 7. The summed E-state index contributed by atoms with van der Waals surface area (Å²) in [7, 11) is 0. The van der Waals surface area contributed by atoms with Crippen LogP contribution in [-0.4, -0.2) is 63.7 Å². The molecule has 1 saturated carbocycles. The van der Waals surface area contributed by atoms with E-state index in [-0.39, 0.29) is 37.1 Å². The first-order valence-electron chi connectivity index (χ1n) is 11.1. The Morgan fingerprint density at radius 1 is 1.23 bits per heavy atom. The van der Waals surface area contributed by atoms with Crippen molar-refractivity contribution in [3.05, 3.63) is 24.3 Å². The van der Waals surface area contributed by atoms with Gasteiger partial charge in [0.2, 0.25) is 0 Å². The maximum absolute atomic E-state index is 12.2. The number of Topliss-reactive ketones (excluding diaryl/α,β-unsaturated/α-hetero) is 1. The number of hydrogen-bond donors (Lipinski definition) is 4. The number of esters is 1. The molecule has 0 aliphatic heterocycles.